The van der Waals surface area contributed by atoms with E-state index in [0.717, 1.165) is 12.8 Å². The monoisotopic (exact) mass is 145 g/mol. The summed E-state index contributed by atoms with van der Waals surface area (Å²) >= 11 is 0. The molecule has 1 radical (unpaired) electrons. The molecule has 0 aromatic rings. The Kier molecular flexibility index (Phi) is 4.19. The van der Waals surface area contributed by atoms with Crippen LogP contribution in [0, 0.1) is 6.42 Å². The van der Waals surface area contributed by atoms with Gasteiger partial charge in [-0.25, -0.2) is 0 Å². The molecule has 0 saturated heterocycles. The van der Waals surface area contributed by atoms with Crippen molar-refractivity contribution in [3.8, 4) is 0 Å². The van der Waals surface area contributed by atoms with Crippen LogP contribution in [0.25, 0.3) is 0 Å². The second-order valence-corrected chi connectivity index (χ2v) is 2.39. The zero-order chi connectivity index (χ0) is 7.78. The minimum atomic E-state index is 1.06. The predicted octanol–water partition coefficient (Wildman–Crippen LogP) is 3.21. The highest BCUT2D eigenvalue weighted by Gasteiger charge is 1.79. The van der Waals surface area contributed by atoms with E-state index >= 15 is 0 Å². The van der Waals surface area contributed by atoms with E-state index in [9.17, 15) is 0 Å². The first-order chi connectivity index (χ1) is 5.50. The van der Waals surface area contributed by atoms with E-state index in [0.29, 0.717) is 0 Å². The van der Waals surface area contributed by atoms with Gasteiger partial charge in [-0.15, -0.1) is 0 Å². The molecule has 1 rings (SSSR count). The van der Waals surface area contributed by atoms with Gasteiger partial charge in [-0.05, 0) is 19.3 Å². The molecule has 11 heavy (non-hydrogen) atoms. The van der Waals surface area contributed by atoms with Crippen molar-refractivity contribution in [1.29, 1.82) is 0 Å². The van der Waals surface area contributed by atoms with Crippen LogP contribution in [0.1, 0.15) is 12.8 Å². The molecule has 0 fully saturated rings. The van der Waals surface area contributed by atoms with Crippen molar-refractivity contribution in [2.45, 2.75) is 12.8 Å². The van der Waals surface area contributed by atoms with E-state index in [1.807, 2.05) is 24.3 Å². The third-order valence-electron chi connectivity index (χ3n) is 1.43. The molecule has 0 amide bonds. The maximum Gasteiger partial charge on any atom is -0.0310 e. The van der Waals surface area contributed by atoms with E-state index in [4.69, 9.17) is 0 Å². The summed E-state index contributed by atoms with van der Waals surface area (Å²) in [4.78, 5) is 0. The lowest BCUT2D eigenvalue weighted by molar-refractivity contribution is 1.10. The van der Waals surface area contributed by atoms with Crippen LogP contribution in [0.3, 0.4) is 0 Å². The summed E-state index contributed by atoms with van der Waals surface area (Å²) in [5.74, 6) is 0. The van der Waals surface area contributed by atoms with Crippen molar-refractivity contribution in [2.24, 2.45) is 0 Å². The molecule has 0 N–H and O–H groups in total. The van der Waals surface area contributed by atoms with E-state index in [-0.39, 0.29) is 0 Å². The normalized spacial score (nSPS) is 29.8. The Hall–Kier alpha value is -1.04. The molecule has 0 atom stereocenters. The fourth-order valence-corrected chi connectivity index (χ4v) is 0.860. The van der Waals surface area contributed by atoms with Gasteiger partial charge >= 0.3 is 0 Å². The SMILES string of the molecule is [CH]1C\C=C/C=C\C=C/C=C\C1. The number of hydrogen-bond donors (Lipinski definition) is 0. The van der Waals surface area contributed by atoms with Gasteiger partial charge in [0.05, 0.1) is 0 Å². The number of rotatable bonds is 0. The Morgan fingerprint density at radius 1 is 0.545 bits per heavy atom. The Bertz CT molecular complexity index is 170. The van der Waals surface area contributed by atoms with Crippen molar-refractivity contribution in [1.82, 2.24) is 0 Å². The maximum atomic E-state index is 2.25. The van der Waals surface area contributed by atoms with E-state index in [2.05, 4.69) is 30.7 Å². The van der Waals surface area contributed by atoms with Crippen LogP contribution in [0.5, 0.6) is 0 Å². The van der Waals surface area contributed by atoms with E-state index in [1.54, 1.807) is 0 Å². The summed E-state index contributed by atoms with van der Waals surface area (Å²) in [5.41, 5.74) is 0. The summed E-state index contributed by atoms with van der Waals surface area (Å²) in [6.07, 6.45) is 21.0. The second-order valence-electron chi connectivity index (χ2n) is 2.39. The van der Waals surface area contributed by atoms with Gasteiger partial charge in [-0.1, -0.05) is 48.6 Å². The molecular formula is C11H13. The number of allylic oxidation sites excluding steroid dienone is 8. The summed E-state index contributed by atoms with van der Waals surface area (Å²) in [5, 5.41) is 0. The lowest BCUT2D eigenvalue weighted by Gasteiger charge is -1.86. The second kappa shape index (κ2) is 5.72. The van der Waals surface area contributed by atoms with Crippen LogP contribution in [-0.2, 0) is 0 Å². The summed E-state index contributed by atoms with van der Waals surface area (Å²) < 4.78 is 0. The van der Waals surface area contributed by atoms with Gasteiger partial charge in [-0.2, -0.15) is 0 Å². The van der Waals surface area contributed by atoms with Crippen molar-refractivity contribution >= 4 is 0 Å². The highest BCUT2D eigenvalue weighted by Crippen LogP contribution is 1.98. The first-order valence-electron chi connectivity index (χ1n) is 3.97. The maximum absolute atomic E-state index is 2.25. The molecule has 0 aliphatic heterocycles. The fraction of sp³-hybridized carbons (Fsp3) is 0.182. The van der Waals surface area contributed by atoms with Crippen LogP contribution in [-0.4, -0.2) is 0 Å². The molecule has 0 spiro atoms. The van der Waals surface area contributed by atoms with Crippen LogP contribution >= 0.6 is 0 Å². The Balaban J connectivity index is 2.47. The van der Waals surface area contributed by atoms with Crippen molar-refractivity contribution < 1.29 is 0 Å². The lowest BCUT2D eigenvalue weighted by atomic mass is 10.2. The average Bonchev–Trinajstić information content (AvgIpc) is 2.08. The van der Waals surface area contributed by atoms with Crippen LogP contribution in [0.4, 0.5) is 0 Å². The standard InChI is InChI=1S/C11H13/c1-2-4-6-8-10-11-9-7-5-3-1/h1-8,11H,9-10H2/b3-1-,4-2-,7-5-,8-6-. The van der Waals surface area contributed by atoms with Gasteiger partial charge in [0.15, 0.2) is 0 Å². The topological polar surface area (TPSA) is 0 Å². The van der Waals surface area contributed by atoms with Crippen LogP contribution in [0.2, 0.25) is 0 Å². The van der Waals surface area contributed by atoms with Crippen molar-refractivity contribution in [3.63, 3.8) is 0 Å². The van der Waals surface area contributed by atoms with Gasteiger partial charge in [0.2, 0.25) is 0 Å². The van der Waals surface area contributed by atoms with E-state index in [1.165, 1.54) is 0 Å². The zero-order valence-corrected chi connectivity index (χ0v) is 6.61. The summed E-state index contributed by atoms with van der Waals surface area (Å²) in [7, 11) is 0. The smallest absolute Gasteiger partial charge is 0.0310 e. The molecule has 1 aliphatic rings. The highest BCUT2D eigenvalue weighted by molar-refractivity contribution is 5.16. The number of hydrogen-bond acceptors (Lipinski definition) is 0. The molecule has 0 heterocycles. The minimum Gasteiger partial charge on any atom is -0.0842 e. The third-order valence-corrected chi connectivity index (χ3v) is 1.43. The van der Waals surface area contributed by atoms with E-state index < -0.39 is 0 Å². The van der Waals surface area contributed by atoms with Crippen molar-refractivity contribution in [2.75, 3.05) is 0 Å². The minimum absolute atomic E-state index is 1.06. The molecule has 0 aromatic heterocycles. The average molecular weight is 145 g/mol. The van der Waals surface area contributed by atoms with Gasteiger partial charge in [0.1, 0.15) is 0 Å². The van der Waals surface area contributed by atoms with Crippen molar-refractivity contribution in [3.05, 3.63) is 55.0 Å². The molecule has 0 aromatic carbocycles. The van der Waals surface area contributed by atoms with Crippen LogP contribution < -0.4 is 0 Å². The molecule has 0 bridgehead atoms. The zero-order valence-electron chi connectivity index (χ0n) is 6.61. The largest absolute Gasteiger partial charge is 0.0842 e. The van der Waals surface area contributed by atoms with Gasteiger partial charge in [0, 0.05) is 0 Å². The molecule has 0 nitrogen and oxygen atoms in total. The Morgan fingerprint density at radius 2 is 1.00 bits per heavy atom. The first-order valence-corrected chi connectivity index (χ1v) is 3.97. The Labute approximate surface area is 68.6 Å². The highest BCUT2D eigenvalue weighted by atomic mass is 13.9. The molecule has 1 aliphatic carbocycles. The fourth-order valence-electron chi connectivity index (χ4n) is 0.860. The quantitative estimate of drug-likeness (QED) is 0.491. The molecule has 0 heteroatoms. The first kappa shape index (κ1) is 8.06. The van der Waals surface area contributed by atoms with Crippen LogP contribution in [0.15, 0.2) is 48.6 Å². The summed E-state index contributed by atoms with van der Waals surface area (Å²) in [6, 6.07) is 0. The lowest BCUT2D eigenvalue weighted by Crippen LogP contribution is -1.68. The van der Waals surface area contributed by atoms with Gasteiger partial charge in [0.25, 0.3) is 0 Å². The Morgan fingerprint density at radius 3 is 1.55 bits per heavy atom. The third kappa shape index (κ3) is 4.38. The molecular weight excluding hydrogens is 132 g/mol. The van der Waals surface area contributed by atoms with Gasteiger partial charge in [-0.3, -0.25) is 0 Å². The molecule has 57 valence electrons. The summed E-state index contributed by atoms with van der Waals surface area (Å²) in [6.45, 7) is 0. The molecule has 0 unspecified atom stereocenters. The predicted molar refractivity (Wildman–Crippen MR) is 50.1 cm³/mol. The van der Waals surface area contributed by atoms with Gasteiger partial charge < -0.3 is 0 Å². The molecule has 0 saturated carbocycles.